The molecule has 60 heavy (non-hydrogen) atoms. The van der Waals surface area contributed by atoms with Gasteiger partial charge in [0.25, 0.3) is 0 Å². The summed E-state index contributed by atoms with van der Waals surface area (Å²) in [6, 6.07) is 4.55. The third kappa shape index (κ3) is 11.9. The summed E-state index contributed by atoms with van der Waals surface area (Å²) in [5.41, 5.74) is -1.04. The maximum absolute atomic E-state index is 13.5. The summed E-state index contributed by atoms with van der Waals surface area (Å²) >= 11 is 6.16. The van der Waals surface area contributed by atoms with Crippen molar-refractivity contribution in [2.75, 3.05) is 34.9 Å². The van der Waals surface area contributed by atoms with Crippen LogP contribution in [0.15, 0.2) is 42.0 Å². The smallest absolute Gasteiger partial charge is 0.409 e. The van der Waals surface area contributed by atoms with Crippen LogP contribution in [0.4, 0.5) is 4.79 Å². The summed E-state index contributed by atoms with van der Waals surface area (Å²) in [7, 11) is 5.92. The highest BCUT2D eigenvalue weighted by Gasteiger charge is 2.64. The van der Waals surface area contributed by atoms with Crippen LogP contribution in [0.1, 0.15) is 85.1 Å². The maximum atomic E-state index is 13.5. The Labute approximate surface area is 357 Å². The molecule has 0 spiro atoms. The van der Waals surface area contributed by atoms with Gasteiger partial charge >= 0.3 is 12.1 Å². The zero-order valence-corrected chi connectivity index (χ0v) is 36.8. The average molecular weight is 861 g/mol. The Morgan fingerprint density at radius 2 is 1.88 bits per heavy atom. The molecule has 3 saturated heterocycles. The van der Waals surface area contributed by atoms with Crippen molar-refractivity contribution in [3.8, 4) is 5.75 Å². The van der Waals surface area contributed by atoms with E-state index in [4.69, 9.17) is 35.3 Å². The number of unbranched alkanes of at least 4 members (excludes halogenated alkanes) is 2. The number of alkyl carbamates (subject to hydrolysis) is 1. The third-order valence-electron chi connectivity index (χ3n) is 11.7. The minimum atomic E-state index is -1.86. The molecule has 8 unspecified atom stereocenters. The number of methoxy groups -OCH3 is 2. The van der Waals surface area contributed by atoms with Gasteiger partial charge in [-0.2, -0.15) is 0 Å². The van der Waals surface area contributed by atoms with E-state index in [2.05, 4.69) is 10.6 Å². The van der Waals surface area contributed by atoms with Crippen LogP contribution in [-0.4, -0.2) is 127 Å². The summed E-state index contributed by atoms with van der Waals surface area (Å²) in [6.45, 7) is 9.01. The Kier molecular flexibility index (Phi) is 16.7. The summed E-state index contributed by atoms with van der Waals surface area (Å²) in [6.07, 6.45) is 3.18. The van der Waals surface area contributed by atoms with Gasteiger partial charge in [-0.15, -0.1) is 0 Å². The number of hydrogen-bond acceptors (Lipinski definition) is 12. The second kappa shape index (κ2) is 20.8. The number of benzene rings is 1. The number of esters is 1. The van der Waals surface area contributed by atoms with Gasteiger partial charge in [0.2, 0.25) is 23.6 Å². The number of amides is 5. The first-order chi connectivity index (χ1) is 28.3. The topological polar surface area (TPSA) is 203 Å². The number of imide groups is 1. The second-order valence-corrected chi connectivity index (χ2v) is 16.7. The Morgan fingerprint density at radius 1 is 1.17 bits per heavy atom. The third-order valence-corrected chi connectivity index (χ3v) is 12.0. The first-order valence-corrected chi connectivity index (χ1v) is 20.7. The van der Waals surface area contributed by atoms with Crippen LogP contribution in [0.3, 0.4) is 0 Å². The molecule has 0 saturated carbocycles. The van der Waals surface area contributed by atoms with Crippen LogP contribution >= 0.6 is 11.6 Å². The van der Waals surface area contributed by atoms with Gasteiger partial charge in [0.1, 0.15) is 35.7 Å². The molecular weight excluding hydrogens is 800 g/mol. The molecule has 9 atom stereocenters. The predicted octanol–water partition coefficient (Wildman–Crippen LogP) is 4.24. The summed E-state index contributed by atoms with van der Waals surface area (Å²) in [5, 5.41) is 17.3. The monoisotopic (exact) mass is 860 g/mol. The minimum absolute atomic E-state index is 0.0799. The minimum Gasteiger partial charge on any atom is -0.495 e. The SMILES string of the molecule is CNC(=O)CC(OC(=O)[C@H](C)N(C)C(=O)CCCCCN1C(=O)CC(C)C1=O)C1(C)OC1C(C)C1CC(O)(C(/C=C/C=C(\C)Cc2ccc(Cl)c(OC)c2)OC)NC(=O)O1. The quantitative estimate of drug-likeness (QED) is 0.0523. The highest BCUT2D eigenvalue weighted by atomic mass is 35.5. The maximum Gasteiger partial charge on any atom is 0.409 e. The van der Waals surface area contributed by atoms with Crippen LogP contribution < -0.4 is 15.4 Å². The molecule has 3 fully saturated rings. The van der Waals surface area contributed by atoms with Crippen molar-refractivity contribution in [3.63, 3.8) is 0 Å². The van der Waals surface area contributed by atoms with Gasteiger partial charge in [0.15, 0.2) is 5.72 Å². The number of nitrogens with zero attached hydrogens (tertiary/aromatic N) is 2. The molecule has 0 bridgehead atoms. The van der Waals surface area contributed by atoms with Crippen LogP contribution in [0.2, 0.25) is 5.02 Å². The normalized spacial score (nSPS) is 26.2. The fourth-order valence-corrected chi connectivity index (χ4v) is 7.92. The fourth-order valence-electron chi connectivity index (χ4n) is 7.72. The number of carbonyl (C=O) groups is 6. The van der Waals surface area contributed by atoms with E-state index >= 15 is 0 Å². The van der Waals surface area contributed by atoms with Crippen molar-refractivity contribution in [1.82, 2.24) is 20.4 Å². The molecule has 3 aliphatic heterocycles. The lowest BCUT2D eigenvalue weighted by atomic mass is 9.83. The lowest BCUT2D eigenvalue weighted by molar-refractivity contribution is -0.162. The lowest BCUT2D eigenvalue weighted by Crippen LogP contribution is -2.63. The van der Waals surface area contributed by atoms with Gasteiger partial charge in [0, 0.05) is 58.8 Å². The van der Waals surface area contributed by atoms with Crippen molar-refractivity contribution >= 4 is 47.3 Å². The number of nitrogens with one attached hydrogen (secondary N) is 2. The summed E-state index contributed by atoms with van der Waals surface area (Å²) < 4.78 is 28.7. The van der Waals surface area contributed by atoms with Crippen molar-refractivity contribution in [2.45, 2.75) is 128 Å². The van der Waals surface area contributed by atoms with Crippen molar-refractivity contribution in [2.24, 2.45) is 11.8 Å². The Hall–Kier alpha value is -4.51. The van der Waals surface area contributed by atoms with E-state index in [-0.39, 0.29) is 49.3 Å². The lowest BCUT2D eigenvalue weighted by Gasteiger charge is -2.42. The van der Waals surface area contributed by atoms with Gasteiger partial charge in [-0.25, -0.2) is 9.59 Å². The van der Waals surface area contributed by atoms with E-state index in [0.29, 0.717) is 43.0 Å². The van der Waals surface area contributed by atoms with Crippen molar-refractivity contribution < 1.29 is 57.6 Å². The van der Waals surface area contributed by atoms with Gasteiger partial charge in [-0.1, -0.05) is 61.7 Å². The second-order valence-electron chi connectivity index (χ2n) is 16.3. The number of likely N-dealkylation sites (N-methyl/N-ethyl adjacent to an activating group) is 1. The van der Waals surface area contributed by atoms with Gasteiger partial charge < -0.3 is 39.0 Å². The van der Waals surface area contributed by atoms with Gasteiger partial charge in [-0.05, 0) is 57.7 Å². The predicted molar refractivity (Wildman–Crippen MR) is 221 cm³/mol. The van der Waals surface area contributed by atoms with Crippen LogP contribution in [-0.2, 0) is 49.3 Å². The Bertz CT molecular complexity index is 1820. The van der Waals surface area contributed by atoms with Crippen LogP contribution in [0, 0.1) is 11.8 Å². The number of likely N-dealkylation sites (tertiary alicyclic amines) is 1. The first kappa shape index (κ1) is 48.2. The number of allylic oxidation sites excluding steroid dienone is 3. The van der Waals surface area contributed by atoms with E-state index in [9.17, 15) is 33.9 Å². The molecule has 4 rings (SSSR count). The number of aliphatic hydroxyl groups is 1. The van der Waals surface area contributed by atoms with Crippen LogP contribution in [0.5, 0.6) is 5.75 Å². The molecule has 5 amide bonds. The molecule has 3 N–H and O–H groups in total. The largest absolute Gasteiger partial charge is 0.495 e. The van der Waals surface area contributed by atoms with E-state index in [1.54, 1.807) is 46.1 Å². The highest BCUT2D eigenvalue weighted by Crippen LogP contribution is 2.49. The zero-order valence-electron chi connectivity index (χ0n) is 36.1. The summed E-state index contributed by atoms with van der Waals surface area (Å²) in [4.78, 5) is 78.9. The number of halogens is 1. The molecule has 0 aliphatic carbocycles. The Morgan fingerprint density at radius 3 is 2.52 bits per heavy atom. The molecule has 16 nitrogen and oxygen atoms in total. The highest BCUT2D eigenvalue weighted by molar-refractivity contribution is 6.32. The number of hydrogen-bond donors (Lipinski definition) is 3. The Balaban J connectivity index is 1.35. The molecule has 0 radical (unpaired) electrons. The zero-order chi connectivity index (χ0) is 44.5. The molecule has 17 heteroatoms. The van der Waals surface area contributed by atoms with Crippen LogP contribution in [0.25, 0.3) is 0 Å². The molecule has 1 aromatic carbocycles. The number of epoxide rings is 1. The van der Waals surface area contributed by atoms with Crippen molar-refractivity contribution in [1.29, 1.82) is 0 Å². The number of carbonyl (C=O) groups excluding carboxylic acids is 6. The molecular formula is C43H61ClN4O12. The fraction of sp³-hybridized carbons (Fsp3) is 0.628. The standard InChI is InChI=1S/C43H61ClN4O12/c1-25(20-29-17-18-30(44)31(22-29)56-8)14-13-15-33(57-9)43(55)24-32(58-41(54)46-43)27(3)38-42(5,60-38)34(23-35(49)45-6)59-40(53)28(4)47(7)36(50)16-11-10-12-19-48-37(51)21-26(2)39(48)52/h13-15,17-18,22,26-28,32-34,38,55H,10-12,16,19-21,23-24H2,1-9H3,(H,45,49)(H,46,54)/b15-13+,25-14+/t26?,27?,28-,32?,33?,34?,38?,42?,43?/m0/s1. The molecule has 0 aromatic heterocycles. The summed E-state index contributed by atoms with van der Waals surface area (Å²) in [5.74, 6) is -2.04. The van der Waals surface area contributed by atoms with Crippen molar-refractivity contribution in [3.05, 3.63) is 52.6 Å². The molecule has 3 aliphatic rings. The van der Waals surface area contributed by atoms with Gasteiger partial charge in [0.05, 0.1) is 24.7 Å². The number of cyclic esters (lactones) is 1. The molecule has 3 heterocycles. The van der Waals surface area contributed by atoms with E-state index in [0.717, 1.165) is 11.1 Å². The number of rotatable bonds is 21. The van der Waals surface area contributed by atoms with E-state index in [1.807, 2.05) is 25.1 Å². The van der Waals surface area contributed by atoms with E-state index < -0.39 is 65.7 Å². The number of ether oxygens (including phenoxy) is 5. The first-order valence-electron chi connectivity index (χ1n) is 20.4. The average Bonchev–Trinajstić information content (AvgIpc) is 3.84. The van der Waals surface area contributed by atoms with Gasteiger partial charge in [-0.3, -0.25) is 29.4 Å². The van der Waals surface area contributed by atoms with E-state index in [1.165, 1.54) is 37.9 Å². The molecule has 332 valence electrons. The molecule has 1 aromatic rings.